The van der Waals surface area contributed by atoms with Crippen LogP contribution in [-0.4, -0.2) is 55.9 Å². The topological polar surface area (TPSA) is 79.4 Å². The summed E-state index contributed by atoms with van der Waals surface area (Å²) in [6.45, 7) is 0.406. The van der Waals surface area contributed by atoms with Gasteiger partial charge in [0.2, 0.25) is 0 Å². The van der Waals surface area contributed by atoms with Crippen molar-refractivity contribution < 1.29 is 13.2 Å². The maximum atomic E-state index is 12.3. The minimum Gasteiger partial charge on any atom is -0.373 e. The number of aromatic nitrogens is 1. The molecule has 1 amide bonds. The Morgan fingerprint density at radius 1 is 1.42 bits per heavy atom. The van der Waals surface area contributed by atoms with Gasteiger partial charge < -0.3 is 10.2 Å². The van der Waals surface area contributed by atoms with Crippen molar-refractivity contribution in [2.75, 3.05) is 37.0 Å². The number of amides is 1. The van der Waals surface area contributed by atoms with E-state index in [9.17, 15) is 13.2 Å². The number of hydrogen-bond donors (Lipinski definition) is 1. The lowest BCUT2D eigenvalue weighted by atomic mass is 10.2. The fraction of sp³-hybridized carbons (Fsp3) is 0.455. The van der Waals surface area contributed by atoms with Crippen LogP contribution in [-0.2, 0) is 9.84 Å². The van der Waals surface area contributed by atoms with Gasteiger partial charge in [0.25, 0.3) is 5.91 Å². The van der Waals surface area contributed by atoms with Crippen molar-refractivity contribution in [2.24, 2.45) is 0 Å². The average Bonchev–Trinajstić information content (AvgIpc) is 2.38. The molecular weight excluding hydrogens is 290 g/mol. The third-order valence-corrected chi connectivity index (χ3v) is 4.88. The van der Waals surface area contributed by atoms with Gasteiger partial charge in [-0.05, 0) is 6.07 Å². The molecule has 0 spiro atoms. The molecule has 1 aliphatic rings. The first-order valence-electron chi connectivity index (χ1n) is 5.76. The number of carbonyl (C=O) groups excluding carboxylic acids is 1. The van der Waals surface area contributed by atoms with Crippen LogP contribution in [0.15, 0.2) is 12.3 Å². The van der Waals surface area contributed by atoms with Gasteiger partial charge >= 0.3 is 0 Å². The molecule has 0 aromatic carbocycles. The molecule has 1 aromatic heterocycles. The molecule has 1 aromatic rings. The minimum atomic E-state index is -3.01. The third kappa shape index (κ3) is 3.16. The second-order valence-corrected chi connectivity index (χ2v) is 6.95. The molecule has 1 aliphatic heterocycles. The summed E-state index contributed by atoms with van der Waals surface area (Å²) in [5, 5.41) is 3.09. The van der Waals surface area contributed by atoms with Crippen molar-refractivity contribution in [1.82, 2.24) is 9.88 Å². The first-order chi connectivity index (χ1) is 8.93. The van der Waals surface area contributed by atoms with Crippen molar-refractivity contribution >= 4 is 33.2 Å². The molecule has 0 radical (unpaired) electrons. The molecule has 0 saturated carbocycles. The van der Waals surface area contributed by atoms with Gasteiger partial charge in [0.15, 0.2) is 9.84 Å². The van der Waals surface area contributed by atoms with E-state index in [0.717, 1.165) is 0 Å². The van der Waals surface area contributed by atoms with Gasteiger partial charge in [0.05, 0.1) is 22.1 Å². The van der Waals surface area contributed by atoms with Crippen LogP contribution in [0, 0.1) is 0 Å². The summed E-state index contributed by atoms with van der Waals surface area (Å²) in [6, 6.07) is 1.56. The monoisotopic (exact) mass is 303 g/mol. The van der Waals surface area contributed by atoms with Crippen LogP contribution >= 0.6 is 11.6 Å². The summed E-state index contributed by atoms with van der Waals surface area (Å²) in [7, 11) is -1.31. The number of nitrogens with zero attached hydrogens (tertiary/aromatic N) is 2. The fourth-order valence-electron chi connectivity index (χ4n) is 1.83. The van der Waals surface area contributed by atoms with Gasteiger partial charge in [0.1, 0.15) is 5.82 Å². The normalized spacial score (nSPS) is 18.1. The molecule has 8 heteroatoms. The Morgan fingerprint density at radius 3 is 2.63 bits per heavy atom. The van der Waals surface area contributed by atoms with Gasteiger partial charge in [-0.2, -0.15) is 0 Å². The number of sulfone groups is 1. The second-order valence-electron chi connectivity index (χ2n) is 4.24. The molecule has 0 bridgehead atoms. The van der Waals surface area contributed by atoms with E-state index < -0.39 is 9.84 Å². The van der Waals surface area contributed by atoms with E-state index in [-0.39, 0.29) is 35.5 Å². The van der Waals surface area contributed by atoms with Gasteiger partial charge in [0, 0.05) is 26.3 Å². The molecule has 1 N–H and O–H groups in total. The summed E-state index contributed by atoms with van der Waals surface area (Å²) >= 11 is 5.97. The number of pyridine rings is 1. The lowest BCUT2D eigenvalue weighted by Gasteiger charge is -2.27. The number of anilines is 1. The van der Waals surface area contributed by atoms with Crippen LogP contribution in [0.5, 0.6) is 0 Å². The zero-order valence-electron chi connectivity index (χ0n) is 10.4. The Kier molecular flexibility index (Phi) is 3.96. The van der Waals surface area contributed by atoms with Crippen LogP contribution < -0.4 is 5.32 Å². The molecule has 0 atom stereocenters. The fourth-order valence-corrected chi connectivity index (χ4v) is 3.21. The lowest BCUT2D eigenvalue weighted by molar-refractivity contribution is 0.0770. The zero-order valence-corrected chi connectivity index (χ0v) is 12.0. The van der Waals surface area contributed by atoms with Crippen molar-refractivity contribution in [3.8, 4) is 0 Å². The predicted molar refractivity (Wildman–Crippen MR) is 73.4 cm³/mol. The van der Waals surface area contributed by atoms with Gasteiger partial charge in [-0.25, -0.2) is 13.4 Å². The van der Waals surface area contributed by atoms with E-state index in [1.54, 1.807) is 13.1 Å². The standard InChI is InChI=1S/C11H14ClN3O3S/c1-13-10-6-8(9(12)7-14-10)11(16)15-2-4-19(17,18)5-3-15/h6-7H,2-5H2,1H3,(H,13,14). The van der Waals surface area contributed by atoms with E-state index >= 15 is 0 Å². The highest BCUT2D eigenvalue weighted by atomic mass is 35.5. The molecule has 0 unspecified atom stereocenters. The van der Waals surface area contributed by atoms with Gasteiger partial charge in [-0.15, -0.1) is 0 Å². The minimum absolute atomic E-state index is 0.000325. The molecule has 1 saturated heterocycles. The summed E-state index contributed by atoms with van der Waals surface area (Å²) in [5.74, 6) is 0.275. The van der Waals surface area contributed by atoms with E-state index in [1.165, 1.54) is 11.1 Å². The van der Waals surface area contributed by atoms with Crippen molar-refractivity contribution in [1.29, 1.82) is 0 Å². The largest absolute Gasteiger partial charge is 0.373 e. The second kappa shape index (κ2) is 5.34. The third-order valence-electron chi connectivity index (χ3n) is 2.97. The Labute approximate surface area is 116 Å². The lowest BCUT2D eigenvalue weighted by Crippen LogP contribution is -2.43. The highest BCUT2D eigenvalue weighted by molar-refractivity contribution is 7.91. The van der Waals surface area contributed by atoms with Crippen LogP contribution in [0.2, 0.25) is 5.02 Å². The quantitative estimate of drug-likeness (QED) is 0.867. The summed E-state index contributed by atoms with van der Waals surface area (Å²) < 4.78 is 22.7. The SMILES string of the molecule is CNc1cc(C(=O)N2CCS(=O)(=O)CC2)c(Cl)cn1. The van der Waals surface area contributed by atoms with Crippen molar-refractivity contribution in [2.45, 2.75) is 0 Å². The molecule has 1 fully saturated rings. The number of nitrogens with one attached hydrogen (secondary N) is 1. The Bertz CT molecular complexity index is 589. The smallest absolute Gasteiger partial charge is 0.255 e. The number of carbonyl (C=O) groups is 1. The van der Waals surface area contributed by atoms with Gasteiger partial charge in [-0.1, -0.05) is 11.6 Å². The summed E-state index contributed by atoms with van der Waals surface area (Å²) in [4.78, 5) is 17.8. The molecule has 104 valence electrons. The Balaban J connectivity index is 2.20. The van der Waals surface area contributed by atoms with Crippen LogP contribution in [0.25, 0.3) is 0 Å². The van der Waals surface area contributed by atoms with Crippen LogP contribution in [0.3, 0.4) is 0 Å². The number of rotatable bonds is 2. The molecule has 6 nitrogen and oxygen atoms in total. The average molecular weight is 304 g/mol. The summed E-state index contributed by atoms with van der Waals surface area (Å²) in [5.41, 5.74) is 0.334. The first-order valence-corrected chi connectivity index (χ1v) is 7.96. The van der Waals surface area contributed by atoms with Gasteiger partial charge in [-0.3, -0.25) is 4.79 Å². The first kappa shape index (κ1) is 14.1. The maximum Gasteiger partial charge on any atom is 0.255 e. The van der Waals surface area contributed by atoms with Crippen LogP contribution in [0.4, 0.5) is 5.82 Å². The number of hydrogen-bond acceptors (Lipinski definition) is 5. The van der Waals surface area contributed by atoms with E-state index in [1.807, 2.05) is 0 Å². The van der Waals surface area contributed by atoms with E-state index in [4.69, 9.17) is 11.6 Å². The molecule has 2 rings (SSSR count). The molecular formula is C11H14ClN3O3S. The van der Waals surface area contributed by atoms with E-state index in [0.29, 0.717) is 11.4 Å². The Morgan fingerprint density at radius 2 is 2.05 bits per heavy atom. The zero-order chi connectivity index (χ0) is 14.0. The van der Waals surface area contributed by atoms with Crippen molar-refractivity contribution in [3.63, 3.8) is 0 Å². The Hall–Kier alpha value is -1.34. The highest BCUT2D eigenvalue weighted by Crippen LogP contribution is 2.20. The van der Waals surface area contributed by atoms with Crippen LogP contribution in [0.1, 0.15) is 10.4 Å². The molecule has 19 heavy (non-hydrogen) atoms. The molecule has 0 aliphatic carbocycles. The summed E-state index contributed by atoms with van der Waals surface area (Å²) in [6.07, 6.45) is 1.40. The number of halogens is 1. The van der Waals surface area contributed by atoms with Crippen molar-refractivity contribution in [3.05, 3.63) is 22.8 Å². The maximum absolute atomic E-state index is 12.3. The van der Waals surface area contributed by atoms with E-state index in [2.05, 4.69) is 10.3 Å². The highest BCUT2D eigenvalue weighted by Gasteiger charge is 2.27. The molecule has 2 heterocycles. The predicted octanol–water partition coefficient (Wildman–Crippen LogP) is 0.647.